The molecule has 1 aliphatic carbocycles. The standard InChI is InChI=1S/C18H26N2O3/c1-12-10-14(12)19-16(21)15(11-13-8-6-5-7-9-13)20-17(22)23-18(2,3)4/h5-9,12,14-15H,10-11H2,1-4H3,(H,19,21)(H,20,22)/t12?,14?,15-/m0/s1. The lowest BCUT2D eigenvalue weighted by Gasteiger charge is -2.23. The van der Waals surface area contributed by atoms with Crippen LogP contribution in [0.1, 0.15) is 39.7 Å². The molecular formula is C18H26N2O3. The van der Waals surface area contributed by atoms with Crippen molar-refractivity contribution < 1.29 is 14.3 Å². The number of benzene rings is 1. The molecule has 0 aliphatic heterocycles. The lowest BCUT2D eigenvalue weighted by Crippen LogP contribution is -2.50. The highest BCUT2D eigenvalue weighted by atomic mass is 16.6. The van der Waals surface area contributed by atoms with Crippen molar-refractivity contribution in [3.8, 4) is 0 Å². The van der Waals surface area contributed by atoms with Crippen molar-refractivity contribution in [3.63, 3.8) is 0 Å². The molecule has 0 spiro atoms. The summed E-state index contributed by atoms with van der Waals surface area (Å²) in [5, 5.41) is 5.68. The van der Waals surface area contributed by atoms with Crippen molar-refractivity contribution in [1.82, 2.24) is 10.6 Å². The Hall–Kier alpha value is -2.04. The van der Waals surface area contributed by atoms with Gasteiger partial charge in [0.2, 0.25) is 5.91 Å². The fourth-order valence-electron chi connectivity index (χ4n) is 2.32. The van der Waals surface area contributed by atoms with Gasteiger partial charge in [-0.3, -0.25) is 4.79 Å². The van der Waals surface area contributed by atoms with Crippen LogP contribution in [0.15, 0.2) is 30.3 Å². The molecule has 2 unspecified atom stereocenters. The van der Waals surface area contributed by atoms with E-state index in [1.54, 1.807) is 20.8 Å². The van der Waals surface area contributed by atoms with Crippen molar-refractivity contribution in [2.75, 3.05) is 0 Å². The van der Waals surface area contributed by atoms with Crippen molar-refractivity contribution >= 4 is 12.0 Å². The smallest absolute Gasteiger partial charge is 0.408 e. The van der Waals surface area contributed by atoms with E-state index in [2.05, 4.69) is 17.6 Å². The predicted molar refractivity (Wildman–Crippen MR) is 89.0 cm³/mol. The second kappa shape index (κ2) is 7.02. The average Bonchev–Trinajstić information content (AvgIpc) is 3.12. The summed E-state index contributed by atoms with van der Waals surface area (Å²) in [6, 6.07) is 9.22. The number of nitrogens with one attached hydrogen (secondary N) is 2. The molecule has 0 radical (unpaired) electrons. The Morgan fingerprint density at radius 2 is 1.87 bits per heavy atom. The topological polar surface area (TPSA) is 67.4 Å². The van der Waals surface area contributed by atoms with E-state index < -0.39 is 17.7 Å². The molecule has 2 rings (SSSR count). The highest BCUT2D eigenvalue weighted by molar-refractivity contribution is 5.86. The van der Waals surface area contributed by atoms with Gasteiger partial charge < -0.3 is 15.4 Å². The molecule has 3 atom stereocenters. The zero-order valence-corrected chi connectivity index (χ0v) is 14.3. The summed E-state index contributed by atoms with van der Waals surface area (Å²) in [5.41, 5.74) is 0.399. The van der Waals surface area contributed by atoms with Gasteiger partial charge in [0, 0.05) is 12.5 Å². The van der Waals surface area contributed by atoms with Gasteiger partial charge in [-0.05, 0) is 38.7 Å². The highest BCUT2D eigenvalue weighted by Gasteiger charge is 2.36. The van der Waals surface area contributed by atoms with E-state index in [-0.39, 0.29) is 11.9 Å². The maximum absolute atomic E-state index is 12.5. The van der Waals surface area contributed by atoms with Crippen molar-refractivity contribution in [3.05, 3.63) is 35.9 Å². The predicted octanol–water partition coefficient (Wildman–Crippen LogP) is 2.65. The largest absolute Gasteiger partial charge is 0.444 e. The maximum Gasteiger partial charge on any atom is 0.408 e. The fraction of sp³-hybridized carbons (Fsp3) is 0.556. The Balaban J connectivity index is 2.01. The van der Waals surface area contributed by atoms with E-state index >= 15 is 0 Å². The monoisotopic (exact) mass is 318 g/mol. The van der Waals surface area contributed by atoms with Crippen LogP contribution in [-0.2, 0) is 16.0 Å². The Labute approximate surface area is 137 Å². The number of hydrogen-bond acceptors (Lipinski definition) is 3. The molecule has 1 saturated carbocycles. The molecular weight excluding hydrogens is 292 g/mol. The number of amides is 2. The van der Waals surface area contributed by atoms with Gasteiger partial charge >= 0.3 is 6.09 Å². The maximum atomic E-state index is 12.5. The van der Waals surface area contributed by atoms with Gasteiger partial charge in [-0.15, -0.1) is 0 Å². The van der Waals surface area contributed by atoms with Crippen LogP contribution < -0.4 is 10.6 Å². The summed E-state index contributed by atoms with van der Waals surface area (Å²) in [6.07, 6.45) is 0.862. The molecule has 5 heteroatoms. The first-order chi connectivity index (χ1) is 10.7. The van der Waals surface area contributed by atoms with Gasteiger partial charge in [0.1, 0.15) is 11.6 Å². The minimum atomic E-state index is -0.639. The molecule has 0 saturated heterocycles. The minimum Gasteiger partial charge on any atom is -0.444 e. The molecule has 2 N–H and O–H groups in total. The van der Waals surface area contributed by atoms with E-state index in [1.165, 1.54) is 0 Å². The van der Waals surface area contributed by atoms with Crippen molar-refractivity contribution in [1.29, 1.82) is 0 Å². The number of ether oxygens (including phenoxy) is 1. The van der Waals surface area contributed by atoms with Gasteiger partial charge in [0.15, 0.2) is 0 Å². The van der Waals surface area contributed by atoms with Gasteiger partial charge in [0.25, 0.3) is 0 Å². The molecule has 2 amide bonds. The first-order valence-electron chi connectivity index (χ1n) is 8.08. The van der Waals surface area contributed by atoms with Crippen LogP contribution in [0.5, 0.6) is 0 Å². The molecule has 126 valence electrons. The van der Waals surface area contributed by atoms with Crippen LogP contribution in [-0.4, -0.2) is 29.7 Å². The summed E-state index contributed by atoms with van der Waals surface area (Å²) in [5.74, 6) is 0.354. The fourth-order valence-corrected chi connectivity index (χ4v) is 2.32. The van der Waals surface area contributed by atoms with Crippen LogP contribution in [0.3, 0.4) is 0 Å². The molecule has 23 heavy (non-hydrogen) atoms. The Bertz CT molecular complexity index is 551. The second-order valence-corrected chi connectivity index (χ2v) is 7.22. The average molecular weight is 318 g/mol. The van der Waals surface area contributed by atoms with Gasteiger partial charge in [-0.25, -0.2) is 4.79 Å². The van der Waals surface area contributed by atoms with E-state index in [1.807, 2.05) is 30.3 Å². The Morgan fingerprint density at radius 3 is 2.39 bits per heavy atom. The van der Waals surface area contributed by atoms with Crippen LogP contribution in [0, 0.1) is 5.92 Å². The summed E-state index contributed by atoms with van der Waals surface area (Å²) in [4.78, 5) is 24.5. The van der Waals surface area contributed by atoms with E-state index in [0.717, 1.165) is 12.0 Å². The molecule has 5 nitrogen and oxygen atoms in total. The van der Waals surface area contributed by atoms with Gasteiger partial charge in [-0.1, -0.05) is 37.3 Å². The van der Waals surface area contributed by atoms with Gasteiger partial charge in [0.05, 0.1) is 0 Å². The van der Waals surface area contributed by atoms with Gasteiger partial charge in [-0.2, -0.15) is 0 Å². The third-order valence-corrected chi connectivity index (χ3v) is 3.73. The molecule has 0 bridgehead atoms. The SMILES string of the molecule is CC1CC1NC(=O)[C@H](Cc1ccccc1)NC(=O)OC(C)(C)C. The quantitative estimate of drug-likeness (QED) is 0.877. The van der Waals surface area contributed by atoms with E-state index in [0.29, 0.717) is 12.3 Å². The number of hydrogen-bond donors (Lipinski definition) is 2. The van der Waals surface area contributed by atoms with E-state index in [9.17, 15) is 9.59 Å². The molecule has 1 aliphatic rings. The van der Waals surface area contributed by atoms with Crippen LogP contribution in [0.2, 0.25) is 0 Å². The Morgan fingerprint density at radius 1 is 1.26 bits per heavy atom. The highest BCUT2D eigenvalue weighted by Crippen LogP contribution is 2.29. The number of carbonyl (C=O) groups is 2. The normalized spacial score (nSPS) is 21.2. The molecule has 1 fully saturated rings. The molecule has 1 aromatic carbocycles. The lowest BCUT2D eigenvalue weighted by atomic mass is 10.1. The molecule has 1 aromatic rings. The van der Waals surface area contributed by atoms with Crippen LogP contribution in [0.4, 0.5) is 4.79 Å². The zero-order valence-electron chi connectivity index (χ0n) is 14.3. The summed E-state index contributed by atoms with van der Waals surface area (Å²) in [7, 11) is 0. The first kappa shape index (κ1) is 17.3. The minimum absolute atomic E-state index is 0.158. The molecule has 0 heterocycles. The summed E-state index contributed by atoms with van der Waals surface area (Å²) >= 11 is 0. The number of rotatable bonds is 5. The summed E-state index contributed by atoms with van der Waals surface area (Å²) < 4.78 is 5.27. The first-order valence-corrected chi connectivity index (χ1v) is 8.08. The number of carbonyl (C=O) groups excluding carboxylic acids is 2. The van der Waals surface area contributed by atoms with Crippen molar-refractivity contribution in [2.45, 2.75) is 58.2 Å². The third kappa shape index (κ3) is 5.93. The van der Waals surface area contributed by atoms with Crippen LogP contribution >= 0.6 is 0 Å². The third-order valence-electron chi connectivity index (χ3n) is 3.73. The van der Waals surface area contributed by atoms with E-state index in [4.69, 9.17) is 4.74 Å². The van der Waals surface area contributed by atoms with Crippen molar-refractivity contribution in [2.24, 2.45) is 5.92 Å². The lowest BCUT2D eigenvalue weighted by molar-refractivity contribution is -0.123. The number of alkyl carbamates (subject to hydrolysis) is 1. The summed E-state index contributed by atoms with van der Waals surface area (Å²) in [6.45, 7) is 7.48. The second-order valence-electron chi connectivity index (χ2n) is 7.22. The Kier molecular flexibility index (Phi) is 5.29. The van der Waals surface area contributed by atoms with Crippen LogP contribution in [0.25, 0.3) is 0 Å². The zero-order chi connectivity index (χ0) is 17.0. The molecule has 0 aromatic heterocycles.